The lowest BCUT2D eigenvalue weighted by atomic mass is 9.92. The molecule has 6 nitrogen and oxygen atoms in total. The zero-order valence-corrected chi connectivity index (χ0v) is 10.3. The summed E-state index contributed by atoms with van der Waals surface area (Å²) >= 11 is 0. The summed E-state index contributed by atoms with van der Waals surface area (Å²) in [4.78, 5) is 26.7. The highest BCUT2D eigenvalue weighted by atomic mass is 16.4. The second kappa shape index (κ2) is 4.18. The number of amides is 2. The Hall–Kier alpha value is -1.30. The molecular weight excluding hydrogens is 222 g/mol. The number of hydrogen-bond donors (Lipinski definition) is 2. The second-order valence-corrected chi connectivity index (χ2v) is 5.13. The topological polar surface area (TPSA) is 72.9 Å². The van der Waals surface area contributed by atoms with E-state index < -0.39 is 11.5 Å². The average Bonchev–Trinajstić information content (AvgIpc) is 2.52. The van der Waals surface area contributed by atoms with E-state index in [0.29, 0.717) is 19.6 Å². The summed E-state index contributed by atoms with van der Waals surface area (Å²) in [6, 6.07) is 0.0847. The third-order valence-electron chi connectivity index (χ3n) is 3.58. The molecule has 0 aromatic heterocycles. The van der Waals surface area contributed by atoms with Gasteiger partial charge in [0, 0.05) is 32.2 Å². The van der Waals surface area contributed by atoms with Crippen molar-refractivity contribution in [2.24, 2.45) is 0 Å². The molecule has 2 heterocycles. The summed E-state index contributed by atoms with van der Waals surface area (Å²) < 4.78 is 0. The minimum atomic E-state index is -0.850. The van der Waals surface area contributed by atoms with Gasteiger partial charge in [-0.1, -0.05) is 0 Å². The number of nitrogens with one attached hydrogen (secondary N) is 1. The van der Waals surface area contributed by atoms with Crippen LogP contribution in [-0.4, -0.2) is 64.7 Å². The van der Waals surface area contributed by atoms with E-state index >= 15 is 0 Å². The number of carboxylic acid groups (broad SMARTS) is 1. The SMILES string of the molecule is CC(C)N1CC2(CC(=O)O)CNCCN2C1=O. The summed E-state index contributed by atoms with van der Waals surface area (Å²) in [7, 11) is 0. The molecule has 96 valence electrons. The van der Waals surface area contributed by atoms with E-state index in [1.54, 1.807) is 9.80 Å². The molecule has 1 unspecified atom stereocenters. The largest absolute Gasteiger partial charge is 0.481 e. The van der Waals surface area contributed by atoms with Crippen molar-refractivity contribution < 1.29 is 14.7 Å². The molecule has 2 aliphatic heterocycles. The lowest BCUT2D eigenvalue weighted by Crippen LogP contribution is -2.61. The molecule has 2 amide bonds. The van der Waals surface area contributed by atoms with Crippen LogP contribution < -0.4 is 5.32 Å². The Morgan fingerprint density at radius 3 is 2.88 bits per heavy atom. The molecule has 0 aliphatic carbocycles. The molecule has 2 N–H and O–H groups in total. The molecule has 0 saturated carbocycles. The van der Waals surface area contributed by atoms with E-state index in [4.69, 9.17) is 5.11 Å². The number of nitrogens with zero attached hydrogens (tertiary/aromatic N) is 2. The van der Waals surface area contributed by atoms with Gasteiger partial charge in [0.2, 0.25) is 0 Å². The molecule has 1 atom stereocenters. The Kier molecular flexibility index (Phi) is 2.99. The van der Waals surface area contributed by atoms with E-state index in [1.807, 2.05) is 13.8 Å². The third kappa shape index (κ3) is 1.97. The highest BCUT2D eigenvalue weighted by Gasteiger charge is 2.52. The molecule has 17 heavy (non-hydrogen) atoms. The number of carbonyl (C=O) groups excluding carboxylic acids is 1. The van der Waals surface area contributed by atoms with Crippen LogP contribution in [-0.2, 0) is 4.79 Å². The predicted octanol–water partition coefficient (Wildman–Crippen LogP) is -0.0509. The number of rotatable bonds is 3. The zero-order chi connectivity index (χ0) is 12.6. The van der Waals surface area contributed by atoms with E-state index in [-0.39, 0.29) is 18.5 Å². The maximum atomic E-state index is 12.2. The highest BCUT2D eigenvalue weighted by molar-refractivity contribution is 5.81. The number of piperazine rings is 1. The van der Waals surface area contributed by atoms with Gasteiger partial charge in [-0.25, -0.2) is 4.79 Å². The highest BCUT2D eigenvalue weighted by Crippen LogP contribution is 2.32. The minimum absolute atomic E-state index is 0.00889. The summed E-state index contributed by atoms with van der Waals surface area (Å²) in [5.74, 6) is -0.850. The van der Waals surface area contributed by atoms with Gasteiger partial charge < -0.3 is 20.2 Å². The molecular formula is C11H19N3O3. The van der Waals surface area contributed by atoms with Crippen LogP contribution in [0.1, 0.15) is 20.3 Å². The Morgan fingerprint density at radius 2 is 2.29 bits per heavy atom. The van der Waals surface area contributed by atoms with Crippen LogP contribution in [0.5, 0.6) is 0 Å². The van der Waals surface area contributed by atoms with Crippen molar-refractivity contribution >= 4 is 12.0 Å². The molecule has 0 radical (unpaired) electrons. The van der Waals surface area contributed by atoms with Gasteiger partial charge in [0.05, 0.1) is 12.0 Å². The van der Waals surface area contributed by atoms with Gasteiger partial charge in [-0.2, -0.15) is 0 Å². The van der Waals surface area contributed by atoms with Gasteiger partial charge in [-0.3, -0.25) is 4.79 Å². The van der Waals surface area contributed by atoms with E-state index in [9.17, 15) is 9.59 Å². The quantitative estimate of drug-likeness (QED) is 0.726. The standard InChI is InChI=1S/C11H19N3O3/c1-8(2)13-7-11(5-9(15)16)6-12-3-4-14(11)10(13)17/h8,12H,3-7H2,1-2H3,(H,15,16). The van der Waals surface area contributed by atoms with Gasteiger partial charge in [0.1, 0.15) is 0 Å². The van der Waals surface area contributed by atoms with Crippen molar-refractivity contribution in [1.29, 1.82) is 0 Å². The Balaban J connectivity index is 2.27. The fraction of sp³-hybridized carbons (Fsp3) is 0.818. The Labute approximate surface area is 101 Å². The number of hydrogen-bond acceptors (Lipinski definition) is 3. The zero-order valence-electron chi connectivity index (χ0n) is 10.3. The molecule has 0 spiro atoms. The minimum Gasteiger partial charge on any atom is -0.481 e. The average molecular weight is 241 g/mol. The lowest BCUT2D eigenvalue weighted by molar-refractivity contribution is -0.139. The van der Waals surface area contributed by atoms with E-state index in [1.165, 1.54) is 0 Å². The molecule has 2 aliphatic rings. The van der Waals surface area contributed by atoms with Crippen LogP contribution in [0, 0.1) is 0 Å². The number of aliphatic carboxylic acids is 1. The number of carboxylic acids is 1. The van der Waals surface area contributed by atoms with Crippen molar-refractivity contribution in [2.75, 3.05) is 26.2 Å². The summed E-state index contributed by atoms with van der Waals surface area (Å²) in [5.41, 5.74) is -0.564. The van der Waals surface area contributed by atoms with Gasteiger partial charge in [0.25, 0.3) is 0 Å². The van der Waals surface area contributed by atoms with E-state index in [0.717, 1.165) is 6.54 Å². The monoisotopic (exact) mass is 241 g/mol. The summed E-state index contributed by atoms with van der Waals surface area (Å²) in [5, 5.41) is 12.2. The second-order valence-electron chi connectivity index (χ2n) is 5.13. The van der Waals surface area contributed by atoms with Crippen molar-refractivity contribution in [3.05, 3.63) is 0 Å². The molecule has 0 aromatic carbocycles. The van der Waals surface area contributed by atoms with Gasteiger partial charge >= 0.3 is 12.0 Å². The molecule has 2 saturated heterocycles. The normalized spacial score (nSPS) is 28.8. The van der Waals surface area contributed by atoms with Crippen LogP contribution in [0.3, 0.4) is 0 Å². The van der Waals surface area contributed by atoms with Crippen molar-refractivity contribution in [3.8, 4) is 0 Å². The van der Waals surface area contributed by atoms with Crippen molar-refractivity contribution in [3.63, 3.8) is 0 Å². The molecule has 6 heteroatoms. The Bertz CT molecular complexity index is 345. The fourth-order valence-corrected chi connectivity index (χ4v) is 2.72. The smallest absolute Gasteiger partial charge is 0.320 e. The van der Waals surface area contributed by atoms with Crippen molar-refractivity contribution in [2.45, 2.75) is 31.8 Å². The summed E-state index contributed by atoms with van der Waals surface area (Å²) in [6.07, 6.45) is 0.00889. The first-order valence-corrected chi connectivity index (χ1v) is 5.97. The first-order valence-electron chi connectivity index (χ1n) is 5.97. The molecule has 0 bridgehead atoms. The molecule has 0 aromatic rings. The lowest BCUT2D eigenvalue weighted by Gasteiger charge is -2.40. The van der Waals surface area contributed by atoms with Crippen LogP contribution in [0.2, 0.25) is 0 Å². The number of urea groups is 1. The van der Waals surface area contributed by atoms with Gasteiger partial charge in [0.15, 0.2) is 0 Å². The first kappa shape index (κ1) is 12.2. The number of carbonyl (C=O) groups is 2. The molecule has 2 rings (SSSR count). The number of fused-ring (bicyclic) bond motifs is 1. The molecule has 2 fully saturated rings. The maximum absolute atomic E-state index is 12.2. The van der Waals surface area contributed by atoms with E-state index in [2.05, 4.69) is 5.32 Å². The maximum Gasteiger partial charge on any atom is 0.320 e. The van der Waals surface area contributed by atoms with Gasteiger partial charge in [-0.05, 0) is 13.8 Å². The predicted molar refractivity (Wildman–Crippen MR) is 61.8 cm³/mol. The summed E-state index contributed by atoms with van der Waals surface area (Å²) in [6.45, 7) is 6.31. The fourth-order valence-electron chi connectivity index (χ4n) is 2.72. The van der Waals surface area contributed by atoms with Crippen LogP contribution in [0.15, 0.2) is 0 Å². The van der Waals surface area contributed by atoms with Crippen LogP contribution >= 0.6 is 0 Å². The Morgan fingerprint density at radius 1 is 1.59 bits per heavy atom. The van der Waals surface area contributed by atoms with Gasteiger partial charge in [-0.15, -0.1) is 0 Å². The third-order valence-corrected chi connectivity index (χ3v) is 3.58. The van der Waals surface area contributed by atoms with Crippen molar-refractivity contribution in [1.82, 2.24) is 15.1 Å². The van der Waals surface area contributed by atoms with Crippen LogP contribution in [0.4, 0.5) is 4.79 Å². The van der Waals surface area contributed by atoms with Crippen LogP contribution in [0.25, 0.3) is 0 Å². The first-order chi connectivity index (χ1) is 7.96.